The fourth-order valence-corrected chi connectivity index (χ4v) is 18.5. The number of rotatable bonds is 30. The molecule has 5 aromatic carbocycles. The number of fused-ring (bicyclic) bond motifs is 3. The summed E-state index contributed by atoms with van der Waals surface area (Å²) in [5.41, 5.74) is 10.7. The van der Waals surface area contributed by atoms with Gasteiger partial charge in [0.1, 0.15) is 0 Å². The molecule has 0 unspecified atom stereocenters. The standard InChI is InChI=1S/C32H36F3N5O3S.C25H30F3N5O.C19H24N4O2S.C13H14F3NO2.6H2S/c1-21-5-8-27(9-6-21)44(42,43)40-29-10-7-23(14-25(29)19-38-40)15-26(39(3)4)20-37-30(41)16-28(24-13-22(2)17-36-18-24)31(11-12-31)32(33,34)35;1-16-8-18(13-29-12-16)21(24(6-7-24)25(26,27)28)11-23(34)30-15-20(33(2)3)10-17-4-5-22-19(9-17)14-31-32-22;1-14-4-7-18(8-5-14)26(24,25)23-19-9-6-15(10-16(19)13-21-23)11-17(12-20)22(2)3;1-8-4-9(7-17-6-8)10(5-11(18)19)12(2-3-12)13(14,15)16;;;;;;/h5-10,13-14,17-19,26,28H,11-12,15-16,20H2,1-4H3,(H,37,41);4-5,8-9,12-14,20-21H,6-7,10-11,15H2,1-3H3,(H,30,34)(H,31,32);4-10,13,17H,11-12,20H2,1-3H3;4,6-7,10H,2-3,5H2,1H3,(H,18,19);6*1H2/t26-,28-;20-,21-;17-;10-;;;;;;/m0000....../s1. The van der Waals surface area contributed by atoms with Gasteiger partial charge in [-0.25, -0.2) is 0 Å². The van der Waals surface area contributed by atoms with E-state index in [1.54, 1.807) is 118 Å². The Morgan fingerprint density at radius 1 is 0.434 bits per heavy atom. The first kappa shape index (κ1) is 111. The van der Waals surface area contributed by atoms with Crippen LogP contribution in [0, 0.1) is 50.9 Å². The number of hydrogen-bond acceptors (Lipinski definition) is 17. The highest BCUT2D eigenvalue weighted by Crippen LogP contribution is 2.68. The summed E-state index contributed by atoms with van der Waals surface area (Å²) < 4.78 is 178. The van der Waals surface area contributed by atoms with Gasteiger partial charge < -0.3 is 36.2 Å². The Bertz CT molecular complexity index is 5800. The van der Waals surface area contributed by atoms with Crippen molar-refractivity contribution >= 4 is 152 Å². The molecular weight excluding hydrogens is 1830 g/mol. The maximum Gasteiger partial charge on any atom is 0.395 e. The predicted octanol–water partition coefficient (Wildman–Crippen LogP) is 15.7. The van der Waals surface area contributed by atoms with E-state index in [0.29, 0.717) is 59.0 Å². The topological polar surface area (TPSA) is 303 Å². The lowest BCUT2D eigenvalue weighted by Gasteiger charge is -2.30. The molecule has 0 radical (unpaired) electrons. The van der Waals surface area contributed by atoms with Crippen LogP contribution in [0.15, 0.2) is 187 Å². The zero-order chi connectivity index (χ0) is 89.5. The number of halogens is 9. The number of carbonyl (C=O) groups excluding carboxylic acids is 2. The summed E-state index contributed by atoms with van der Waals surface area (Å²) in [4.78, 5) is 55.4. The molecule has 6 heterocycles. The van der Waals surface area contributed by atoms with Crippen LogP contribution in [0.3, 0.4) is 0 Å². The molecule has 129 heavy (non-hydrogen) atoms. The van der Waals surface area contributed by atoms with Crippen molar-refractivity contribution in [2.45, 2.75) is 176 Å². The average molecular weight is 1950 g/mol. The van der Waals surface area contributed by atoms with E-state index in [0.717, 1.165) is 75.4 Å². The van der Waals surface area contributed by atoms with E-state index in [-0.39, 0.29) is 173 Å². The lowest BCUT2D eigenvalue weighted by Crippen LogP contribution is -2.42. The van der Waals surface area contributed by atoms with Crippen LogP contribution in [-0.2, 0) is 53.7 Å². The number of aromatic amines is 1. The van der Waals surface area contributed by atoms with Crippen LogP contribution in [0.5, 0.6) is 0 Å². The monoisotopic (exact) mass is 1950 g/mol. The number of aromatic nitrogens is 9. The normalized spacial score (nSPS) is 15.5. The van der Waals surface area contributed by atoms with Gasteiger partial charge in [0.25, 0.3) is 20.0 Å². The number of benzene rings is 5. The van der Waals surface area contributed by atoms with Crippen molar-refractivity contribution in [3.63, 3.8) is 0 Å². The number of likely N-dealkylation sites (N-methyl/N-ethyl adjacent to an activating group) is 3. The average Bonchev–Trinajstić information content (AvgIpc) is 1.58. The molecule has 11 aromatic rings. The number of nitrogens with one attached hydrogen (secondary N) is 3. The molecule has 3 aliphatic rings. The van der Waals surface area contributed by atoms with Crippen molar-refractivity contribution in [3.05, 3.63) is 238 Å². The number of carboxylic acids is 1. The van der Waals surface area contributed by atoms with Crippen LogP contribution in [0.4, 0.5) is 39.5 Å². The van der Waals surface area contributed by atoms with E-state index in [1.807, 2.05) is 108 Å². The Labute approximate surface area is 788 Å². The van der Waals surface area contributed by atoms with Crippen LogP contribution in [0.1, 0.15) is 137 Å². The second-order valence-corrected chi connectivity index (χ2v) is 37.0. The quantitative estimate of drug-likeness (QED) is 0.0261. The van der Waals surface area contributed by atoms with Crippen molar-refractivity contribution in [2.24, 2.45) is 22.0 Å². The third kappa shape index (κ3) is 26.8. The van der Waals surface area contributed by atoms with Crippen molar-refractivity contribution in [2.75, 3.05) is 61.9 Å². The molecule has 706 valence electrons. The number of hydrogen-bond donors (Lipinski definition) is 5. The van der Waals surface area contributed by atoms with Crippen LogP contribution >= 0.6 is 81.0 Å². The fraction of sp³-hybridized carbons (Fsp3) is 0.427. The van der Waals surface area contributed by atoms with E-state index in [2.05, 4.69) is 56.9 Å². The number of aryl methyl sites for hydroxylation is 5. The van der Waals surface area contributed by atoms with Crippen molar-refractivity contribution in [1.82, 2.24) is 68.9 Å². The zero-order valence-electron chi connectivity index (χ0n) is 73.3. The smallest absolute Gasteiger partial charge is 0.395 e. The SMILES string of the molecule is Cc1ccc(S(=O)(=O)n2ncc3cc(C[C@@H](CN)N(C)C)ccc32)cc1.Cc1ccc(S(=O)(=O)n2ncc3cc(C[C@@H](CNC(=O)C[C@@H](c4cncc(C)c4)C4(C(F)(F)F)CC4)N(C)C)ccc32)cc1.Cc1cncc([C@H](CC(=O)NC[C@H](Cc2ccc3[nH]ncc3c2)N(C)C)C2(C(F)(F)F)CC2)c1.Cc1cncc([C@H](CC(=O)O)C2(C(F)(F)F)CC2)c1.S.S.S.S.S.S. The lowest BCUT2D eigenvalue weighted by atomic mass is 9.80. The third-order valence-electron chi connectivity index (χ3n) is 23.9. The summed E-state index contributed by atoms with van der Waals surface area (Å²) >= 11 is 0. The summed E-state index contributed by atoms with van der Waals surface area (Å²) in [7, 11) is 4.00. The number of amides is 2. The Kier molecular flexibility index (Phi) is 39.5. The summed E-state index contributed by atoms with van der Waals surface area (Å²) in [5.74, 6) is -5.06. The second kappa shape index (κ2) is 45.8. The number of H-pyrrole nitrogens is 1. The largest absolute Gasteiger partial charge is 0.481 e. The fourth-order valence-electron chi connectivity index (χ4n) is 15.9. The van der Waals surface area contributed by atoms with E-state index in [9.17, 15) is 70.7 Å². The number of nitrogens with two attached hydrogens (primary N) is 1. The summed E-state index contributed by atoms with van der Waals surface area (Å²) in [6.45, 7) is 10.2. The van der Waals surface area contributed by atoms with Gasteiger partial charge in [-0.3, -0.25) is 34.4 Å². The van der Waals surface area contributed by atoms with Gasteiger partial charge >= 0.3 is 24.5 Å². The molecule has 6 atom stereocenters. The first-order valence-corrected chi connectivity index (χ1v) is 43.2. The highest BCUT2D eigenvalue weighted by molar-refractivity contribution is 7.90. The minimum atomic E-state index is -4.42. The molecule has 0 spiro atoms. The van der Waals surface area contributed by atoms with E-state index in [4.69, 9.17) is 10.8 Å². The molecule has 0 saturated heterocycles. The molecule has 0 bridgehead atoms. The summed E-state index contributed by atoms with van der Waals surface area (Å²) in [5, 5.41) is 32.4. The molecule has 0 aliphatic heterocycles. The number of carboxylic acid groups (broad SMARTS) is 1. The Hall–Kier alpha value is -8.42. The van der Waals surface area contributed by atoms with Gasteiger partial charge in [-0.15, -0.1) is 0 Å². The first-order valence-electron chi connectivity index (χ1n) is 40.3. The molecule has 6 N–H and O–H groups in total. The van der Waals surface area contributed by atoms with Crippen LogP contribution in [0.2, 0.25) is 0 Å². The highest BCUT2D eigenvalue weighted by atomic mass is 32.2. The zero-order valence-corrected chi connectivity index (χ0v) is 81.0. The number of carbonyl (C=O) groups is 3. The van der Waals surface area contributed by atoms with Crippen molar-refractivity contribution in [3.8, 4) is 0 Å². The molecule has 3 aliphatic carbocycles. The maximum absolute atomic E-state index is 14.1. The maximum atomic E-state index is 14.1. The van der Waals surface area contributed by atoms with Crippen LogP contribution in [-0.4, -0.2) is 197 Å². The Morgan fingerprint density at radius 2 is 0.752 bits per heavy atom. The number of aliphatic carboxylic acids is 1. The number of nitrogens with zero attached hydrogens (tertiary/aromatic N) is 11. The molecule has 14 rings (SSSR count). The Balaban J connectivity index is 0.000000312. The minimum absolute atomic E-state index is 0. The van der Waals surface area contributed by atoms with Gasteiger partial charge in [0.15, 0.2) is 0 Å². The molecule has 2 amide bonds. The Morgan fingerprint density at radius 3 is 1.05 bits per heavy atom. The molecular formula is C89H116F9N15O8S8. The van der Waals surface area contributed by atoms with Crippen LogP contribution in [0.25, 0.3) is 32.7 Å². The molecule has 40 heteroatoms. The van der Waals surface area contributed by atoms with Gasteiger partial charge in [-0.05, 0) is 245 Å². The van der Waals surface area contributed by atoms with Gasteiger partial charge in [-0.1, -0.05) is 71.8 Å². The minimum Gasteiger partial charge on any atom is -0.481 e. The van der Waals surface area contributed by atoms with E-state index < -0.39 is 90.9 Å². The van der Waals surface area contributed by atoms with Crippen molar-refractivity contribution < 1.29 is 75.8 Å². The van der Waals surface area contributed by atoms with E-state index in [1.165, 1.54) is 31.0 Å². The van der Waals surface area contributed by atoms with Gasteiger partial charge in [0, 0.05) is 122 Å². The van der Waals surface area contributed by atoms with Gasteiger partial charge in [-0.2, -0.15) is 161 Å². The summed E-state index contributed by atoms with van der Waals surface area (Å²) in [6.07, 6.45) is 1.69. The molecule has 3 saturated carbocycles. The number of pyridine rings is 3. The lowest BCUT2D eigenvalue weighted by molar-refractivity contribution is -0.196. The number of alkyl halides is 9. The van der Waals surface area contributed by atoms with E-state index >= 15 is 0 Å². The third-order valence-corrected chi connectivity index (χ3v) is 27.1. The van der Waals surface area contributed by atoms with Gasteiger partial charge in [0.2, 0.25) is 11.8 Å². The predicted molar refractivity (Wildman–Crippen MR) is 514 cm³/mol. The molecule has 3 fully saturated rings. The highest BCUT2D eigenvalue weighted by Gasteiger charge is 2.69. The van der Waals surface area contributed by atoms with Crippen LogP contribution < -0.4 is 16.4 Å². The first-order chi connectivity index (χ1) is 57.9. The summed E-state index contributed by atoms with van der Waals surface area (Å²) in [6, 6.07) is 35.6. The van der Waals surface area contributed by atoms with Gasteiger partial charge in [0.05, 0.1) is 67.6 Å². The second-order valence-electron chi connectivity index (χ2n) is 33.5. The molecule has 6 aromatic heterocycles. The van der Waals surface area contributed by atoms with Crippen molar-refractivity contribution in [1.29, 1.82) is 0 Å². The molecule has 23 nitrogen and oxygen atoms in total.